The van der Waals surface area contributed by atoms with Crippen molar-refractivity contribution in [1.82, 2.24) is 5.32 Å². The van der Waals surface area contributed by atoms with E-state index in [2.05, 4.69) is 21.2 Å². The van der Waals surface area contributed by atoms with Crippen LogP contribution in [0.25, 0.3) is 0 Å². The van der Waals surface area contributed by atoms with Crippen LogP contribution in [0.4, 0.5) is 8.78 Å². The molecule has 6 heteroatoms. The number of hydrogen-bond donors (Lipinski definition) is 2. The summed E-state index contributed by atoms with van der Waals surface area (Å²) in [5, 5.41) is 12.5. The van der Waals surface area contributed by atoms with Gasteiger partial charge in [-0.2, -0.15) is 0 Å². The second-order valence-electron chi connectivity index (χ2n) is 5.29. The number of nitrogens with one attached hydrogen (secondary N) is 1. The fourth-order valence-corrected chi connectivity index (χ4v) is 2.85. The fraction of sp³-hybridized carbons (Fsp3) is 0.235. The maximum absolute atomic E-state index is 13.7. The van der Waals surface area contributed by atoms with Crippen molar-refractivity contribution in [2.45, 2.75) is 26.0 Å². The van der Waals surface area contributed by atoms with Crippen molar-refractivity contribution in [3.8, 4) is 0 Å². The monoisotopic (exact) mass is 383 g/mol. The minimum absolute atomic E-state index is 0.659. The number of amides is 1. The maximum atomic E-state index is 13.7. The van der Waals surface area contributed by atoms with Crippen molar-refractivity contribution in [1.29, 1.82) is 0 Å². The van der Waals surface area contributed by atoms with Gasteiger partial charge in [-0.05, 0) is 49.2 Å². The molecule has 0 spiro atoms. The molecule has 1 amide bonds. The molecule has 0 radical (unpaired) electrons. The van der Waals surface area contributed by atoms with Gasteiger partial charge in [-0.1, -0.05) is 28.1 Å². The fourth-order valence-electron chi connectivity index (χ4n) is 2.37. The third kappa shape index (κ3) is 3.95. The number of halogens is 3. The minimum Gasteiger partial charge on any atom is -0.391 e. The quantitative estimate of drug-likeness (QED) is 0.841. The zero-order valence-corrected chi connectivity index (χ0v) is 14.2. The SMILES string of the molecule is Cc1cc(Br)ccc1[C@H](NC(=O)c1c(F)cccc1F)[C@H](C)O. The van der Waals surface area contributed by atoms with E-state index < -0.39 is 35.3 Å². The number of rotatable bonds is 4. The first-order chi connectivity index (χ1) is 10.8. The molecule has 23 heavy (non-hydrogen) atoms. The van der Waals surface area contributed by atoms with Gasteiger partial charge in [-0.3, -0.25) is 4.79 Å². The van der Waals surface area contributed by atoms with Crippen LogP contribution in [0.15, 0.2) is 40.9 Å². The van der Waals surface area contributed by atoms with Gasteiger partial charge in [-0.25, -0.2) is 8.78 Å². The van der Waals surface area contributed by atoms with Gasteiger partial charge in [-0.15, -0.1) is 0 Å². The molecule has 0 aliphatic rings. The van der Waals surface area contributed by atoms with Crippen molar-refractivity contribution in [3.63, 3.8) is 0 Å². The maximum Gasteiger partial charge on any atom is 0.257 e. The van der Waals surface area contributed by atoms with E-state index in [1.807, 2.05) is 13.0 Å². The summed E-state index contributed by atoms with van der Waals surface area (Å²) in [4.78, 5) is 12.2. The largest absolute Gasteiger partial charge is 0.391 e. The van der Waals surface area contributed by atoms with Crippen molar-refractivity contribution in [2.75, 3.05) is 0 Å². The molecule has 0 aromatic heterocycles. The van der Waals surface area contributed by atoms with E-state index in [0.29, 0.717) is 5.56 Å². The van der Waals surface area contributed by atoms with Crippen LogP contribution < -0.4 is 5.32 Å². The van der Waals surface area contributed by atoms with Crippen molar-refractivity contribution in [2.24, 2.45) is 0 Å². The summed E-state index contributed by atoms with van der Waals surface area (Å²) in [6.07, 6.45) is -0.936. The average molecular weight is 384 g/mol. The number of aliphatic hydroxyl groups excluding tert-OH is 1. The second kappa shape index (κ2) is 7.19. The van der Waals surface area contributed by atoms with Crippen LogP contribution in [-0.4, -0.2) is 17.1 Å². The first-order valence-electron chi connectivity index (χ1n) is 7.00. The molecule has 122 valence electrons. The third-order valence-corrected chi connectivity index (χ3v) is 4.02. The highest BCUT2D eigenvalue weighted by molar-refractivity contribution is 9.10. The highest BCUT2D eigenvalue weighted by Gasteiger charge is 2.25. The first kappa shape index (κ1) is 17.6. The van der Waals surface area contributed by atoms with Gasteiger partial charge < -0.3 is 10.4 Å². The number of carbonyl (C=O) groups excluding carboxylic acids is 1. The van der Waals surface area contributed by atoms with Gasteiger partial charge in [0.2, 0.25) is 0 Å². The average Bonchev–Trinajstić information content (AvgIpc) is 2.45. The molecule has 0 saturated heterocycles. The van der Waals surface area contributed by atoms with E-state index >= 15 is 0 Å². The normalized spacial score (nSPS) is 13.5. The molecule has 0 aliphatic heterocycles. The summed E-state index contributed by atoms with van der Waals surface area (Å²) in [5.74, 6) is -2.80. The molecule has 0 fully saturated rings. The Hall–Kier alpha value is -1.79. The molecule has 0 unspecified atom stereocenters. The lowest BCUT2D eigenvalue weighted by Crippen LogP contribution is -2.36. The van der Waals surface area contributed by atoms with Crippen molar-refractivity contribution in [3.05, 3.63) is 69.2 Å². The van der Waals surface area contributed by atoms with Crippen LogP contribution >= 0.6 is 15.9 Å². The lowest BCUT2D eigenvalue weighted by Gasteiger charge is -2.24. The number of benzene rings is 2. The molecule has 0 aliphatic carbocycles. The summed E-state index contributed by atoms with van der Waals surface area (Å²) in [6.45, 7) is 3.33. The Labute approximate surface area is 141 Å². The summed E-state index contributed by atoms with van der Waals surface area (Å²) in [6, 6.07) is 7.78. The molecule has 2 N–H and O–H groups in total. The Morgan fingerprint density at radius 2 is 1.83 bits per heavy atom. The minimum atomic E-state index is -0.945. The van der Waals surface area contributed by atoms with Gasteiger partial charge >= 0.3 is 0 Å². The van der Waals surface area contributed by atoms with E-state index in [4.69, 9.17) is 0 Å². The highest BCUT2D eigenvalue weighted by Crippen LogP contribution is 2.25. The predicted octanol–water partition coefficient (Wildman–Crippen LogP) is 3.89. The lowest BCUT2D eigenvalue weighted by molar-refractivity contribution is 0.0849. The molecule has 2 rings (SSSR count). The standard InChI is InChI=1S/C17H16BrF2NO2/c1-9-8-11(18)6-7-12(9)16(10(2)22)21-17(23)15-13(19)4-3-5-14(15)20/h3-8,10,16,22H,1-2H3,(H,21,23)/t10-,16+/m0/s1. The Balaban J connectivity index is 2.35. The number of hydrogen-bond acceptors (Lipinski definition) is 2. The Bertz CT molecular complexity index is 714. The van der Waals surface area contributed by atoms with E-state index in [1.165, 1.54) is 13.0 Å². The number of aryl methyl sites for hydroxylation is 1. The zero-order valence-electron chi connectivity index (χ0n) is 12.6. The molecule has 2 aromatic rings. The molecular formula is C17H16BrF2NO2. The number of aliphatic hydroxyl groups is 1. The first-order valence-corrected chi connectivity index (χ1v) is 7.79. The van der Waals surface area contributed by atoms with E-state index in [0.717, 1.165) is 22.2 Å². The van der Waals surface area contributed by atoms with Gasteiger partial charge in [0, 0.05) is 4.47 Å². The van der Waals surface area contributed by atoms with Gasteiger partial charge in [0.1, 0.15) is 17.2 Å². The summed E-state index contributed by atoms with van der Waals surface area (Å²) in [5.41, 5.74) is 0.848. The van der Waals surface area contributed by atoms with Crippen LogP contribution in [0.3, 0.4) is 0 Å². The molecule has 2 atom stereocenters. The molecular weight excluding hydrogens is 368 g/mol. The van der Waals surface area contributed by atoms with Gasteiger partial charge in [0.05, 0.1) is 12.1 Å². The van der Waals surface area contributed by atoms with E-state index in [9.17, 15) is 18.7 Å². The van der Waals surface area contributed by atoms with Crippen LogP contribution in [0, 0.1) is 18.6 Å². The Morgan fingerprint density at radius 3 is 2.35 bits per heavy atom. The topological polar surface area (TPSA) is 49.3 Å². The van der Waals surface area contributed by atoms with Crippen LogP contribution in [-0.2, 0) is 0 Å². The molecule has 3 nitrogen and oxygen atoms in total. The molecule has 2 aromatic carbocycles. The Kier molecular flexibility index (Phi) is 5.49. The Morgan fingerprint density at radius 1 is 1.22 bits per heavy atom. The zero-order chi connectivity index (χ0) is 17.1. The van der Waals surface area contributed by atoms with E-state index in [1.54, 1.807) is 12.1 Å². The van der Waals surface area contributed by atoms with Crippen molar-refractivity contribution < 1.29 is 18.7 Å². The lowest BCUT2D eigenvalue weighted by atomic mass is 9.97. The summed E-state index contributed by atoms with van der Waals surface area (Å²) < 4.78 is 28.3. The molecule has 0 saturated carbocycles. The predicted molar refractivity (Wildman–Crippen MR) is 87.1 cm³/mol. The number of carbonyl (C=O) groups is 1. The van der Waals surface area contributed by atoms with Crippen LogP contribution in [0.2, 0.25) is 0 Å². The van der Waals surface area contributed by atoms with Gasteiger partial charge in [0.15, 0.2) is 0 Å². The summed E-state index contributed by atoms with van der Waals surface area (Å²) in [7, 11) is 0. The third-order valence-electron chi connectivity index (χ3n) is 3.53. The smallest absolute Gasteiger partial charge is 0.257 e. The summed E-state index contributed by atoms with van der Waals surface area (Å²) >= 11 is 3.34. The van der Waals surface area contributed by atoms with Crippen molar-refractivity contribution >= 4 is 21.8 Å². The highest BCUT2D eigenvalue weighted by atomic mass is 79.9. The molecule has 0 heterocycles. The van der Waals surface area contributed by atoms with Gasteiger partial charge in [0.25, 0.3) is 5.91 Å². The second-order valence-corrected chi connectivity index (χ2v) is 6.20. The van der Waals surface area contributed by atoms with Crippen LogP contribution in [0.1, 0.15) is 34.5 Å². The van der Waals surface area contributed by atoms with Crippen LogP contribution in [0.5, 0.6) is 0 Å². The molecule has 0 bridgehead atoms. The van der Waals surface area contributed by atoms with E-state index in [-0.39, 0.29) is 0 Å².